The van der Waals surface area contributed by atoms with Crippen LogP contribution in [0.15, 0.2) is 29.6 Å². The van der Waals surface area contributed by atoms with Gasteiger partial charge in [0.25, 0.3) is 0 Å². The van der Waals surface area contributed by atoms with Crippen LogP contribution in [0.3, 0.4) is 0 Å². The van der Waals surface area contributed by atoms with E-state index >= 15 is 0 Å². The molecule has 0 saturated heterocycles. The first kappa shape index (κ1) is 12.4. The van der Waals surface area contributed by atoms with E-state index in [1.54, 1.807) is 6.20 Å². The highest BCUT2D eigenvalue weighted by molar-refractivity contribution is 5.79. The van der Waals surface area contributed by atoms with E-state index in [0.717, 1.165) is 25.3 Å². The number of aromatic nitrogens is 1. The molecule has 1 aromatic rings. The minimum Gasteiger partial charge on any atom is -0.409 e. The molecule has 0 spiro atoms. The summed E-state index contributed by atoms with van der Waals surface area (Å²) >= 11 is 0. The Morgan fingerprint density at radius 2 is 2.38 bits per heavy atom. The van der Waals surface area contributed by atoms with Crippen LogP contribution < -0.4 is 5.73 Å². The maximum Gasteiger partial charge on any atom is 0.140 e. The number of nitrogens with two attached hydrogens (primary N) is 1. The van der Waals surface area contributed by atoms with Gasteiger partial charge in [0.1, 0.15) is 5.84 Å². The van der Waals surface area contributed by atoms with Gasteiger partial charge < -0.3 is 10.9 Å². The van der Waals surface area contributed by atoms with Crippen molar-refractivity contribution in [3.8, 4) is 0 Å². The quantitative estimate of drug-likeness (QED) is 0.326. The summed E-state index contributed by atoms with van der Waals surface area (Å²) in [6, 6.07) is 5.86. The molecule has 0 amide bonds. The molecule has 0 aliphatic carbocycles. The van der Waals surface area contributed by atoms with Crippen LogP contribution in [0.4, 0.5) is 0 Å². The topological polar surface area (TPSA) is 74.7 Å². The average Bonchev–Trinajstić information content (AvgIpc) is 2.35. The van der Waals surface area contributed by atoms with Crippen LogP contribution in [0.2, 0.25) is 0 Å². The summed E-state index contributed by atoms with van der Waals surface area (Å²) < 4.78 is 0. The second kappa shape index (κ2) is 6.79. The molecule has 5 nitrogen and oxygen atoms in total. The molecule has 0 radical (unpaired) electrons. The van der Waals surface area contributed by atoms with Crippen molar-refractivity contribution in [2.24, 2.45) is 10.9 Å². The third-order valence-corrected chi connectivity index (χ3v) is 2.37. The lowest BCUT2D eigenvalue weighted by molar-refractivity contribution is 0.280. The fourth-order valence-corrected chi connectivity index (χ4v) is 1.39. The van der Waals surface area contributed by atoms with Gasteiger partial charge in [-0.25, -0.2) is 0 Å². The van der Waals surface area contributed by atoms with Crippen LogP contribution in [0, 0.1) is 0 Å². The number of hydrogen-bond donors (Lipinski definition) is 2. The fourth-order valence-electron chi connectivity index (χ4n) is 1.39. The summed E-state index contributed by atoms with van der Waals surface area (Å²) in [6.45, 7) is 4.55. The third kappa shape index (κ3) is 4.27. The standard InChI is InChI=1S/C11H18N4O/c1-2-15(8-6-11(12)14-16)9-10-5-3-4-7-13-10/h3-5,7,16H,2,6,8-9H2,1H3,(H2,12,14). The molecule has 1 heterocycles. The van der Waals surface area contributed by atoms with E-state index in [-0.39, 0.29) is 5.84 Å². The van der Waals surface area contributed by atoms with Crippen LogP contribution >= 0.6 is 0 Å². The van der Waals surface area contributed by atoms with Gasteiger partial charge in [0.2, 0.25) is 0 Å². The van der Waals surface area contributed by atoms with Gasteiger partial charge in [0.05, 0.1) is 5.69 Å². The number of rotatable bonds is 6. The summed E-state index contributed by atoms with van der Waals surface area (Å²) in [5.41, 5.74) is 6.46. The predicted molar refractivity (Wildman–Crippen MR) is 63.2 cm³/mol. The Bertz CT molecular complexity index is 326. The summed E-state index contributed by atoms with van der Waals surface area (Å²) in [5.74, 6) is 0.263. The second-order valence-electron chi connectivity index (χ2n) is 3.53. The number of oxime groups is 1. The minimum atomic E-state index is 0.263. The molecule has 1 aromatic heterocycles. The van der Waals surface area contributed by atoms with Crippen LogP contribution in [-0.4, -0.2) is 34.0 Å². The van der Waals surface area contributed by atoms with Crippen LogP contribution in [0.25, 0.3) is 0 Å². The lowest BCUT2D eigenvalue weighted by Gasteiger charge is -2.19. The SMILES string of the molecule is CCN(CCC(N)=NO)Cc1ccccn1. The Morgan fingerprint density at radius 1 is 1.56 bits per heavy atom. The van der Waals surface area contributed by atoms with E-state index < -0.39 is 0 Å². The summed E-state index contributed by atoms with van der Waals surface area (Å²) in [4.78, 5) is 6.46. The zero-order valence-corrected chi connectivity index (χ0v) is 9.50. The van der Waals surface area contributed by atoms with Crippen molar-refractivity contribution in [2.75, 3.05) is 13.1 Å². The summed E-state index contributed by atoms with van der Waals surface area (Å²) in [5, 5.41) is 11.4. The summed E-state index contributed by atoms with van der Waals surface area (Å²) in [7, 11) is 0. The monoisotopic (exact) mass is 222 g/mol. The second-order valence-corrected chi connectivity index (χ2v) is 3.53. The lowest BCUT2D eigenvalue weighted by atomic mass is 10.3. The molecular weight excluding hydrogens is 204 g/mol. The highest BCUT2D eigenvalue weighted by Gasteiger charge is 2.05. The molecule has 16 heavy (non-hydrogen) atoms. The molecule has 0 saturated carbocycles. The number of pyridine rings is 1. The normalized spacial score (nSPS) is 12.0. The van der Waals surface area contributed by atoms with Crippen molar-refractivity contribution in [3.05, 3.63) is 30.1 Å². The molecule has 0 fully saturated rings. The molecule has 0 bridgehead atoms. The molecular formula is C11H18N4O. The fraction of sp³-hybridized carbons (Fsp3) is 0.455. The van der Waals surface area contributed by atoms with Gasteiger partial charge in [-0.2, -0.15) is 0 Å². The van der Waals surface area contributed by atoms with Crippen LogP contribution in [0.1, 0.15) is 19.0 Å². The zero-order valence-electron chi connectivity index (χ0n) is 9.50. The number of amidine groups is 1. The third-order valence-electron chi connectivity index (χ3n) is 2.37. The molecule has 3 N–H and O–H groups in total. The van der Waals surface area contributed by atoms with Gasteiger partial charge in [-0.15, -0.1) is 0 Å². The van der Waals surface area contributed by atoms with Crippen molar-refractivity contribution in [1.29, 1.82) is 0 Å². The predicted octanol–water partition coefficient (Wildman–Crippen LogP) is 1.04. The lowest BCUT2D eigenvalue weighted by Crippen LogP contribution is -2.28. The Balaban J connectivity index is 2.43. The molecule has 0 aliphatic heterocycles. The molecule has 0 atom stereocenters. The maximum atomic E-state index is 8.44. The average molecular weight is 222 g/mol. The van der Waals surface area contributed by atoms with E-state index in [9.17, 15) is 0 Å². The van der Waals surface area contributed by atoms with E-state index in [1.165, 1.54) is 0 Å². The van der Waals surface area contributed by atoms with Gasteiger partial charge in [-0.05, 0) is 18.7 Å². The van der Waals surface area contributed by atoms with E-state index in [4.69, 9.17) is 10.9 Å². The van der Waals surface area contributed by atoms with Crippen molar-refractivity contribution in [3.63, 3.8) is 0 Å². The first-order valence-electron chi connectivity index (χ1n) is 5.35. The first-order chi connectivity index (χ1) is 7.76. The van der Waals surface area contributed by atoms with Crippen molar-refractivity contribution in [2.45, 2.75) is 19.9 Å². The van der Waals surface area contributed by atoms with Gasteiger partial charge in [0, 0.05) is 25.7 Å². The van der Waals surface area contributed by atoms with Crippen molar-refractivity contribution >= 4 is 5.84 Å². The van der Waals surface area contributed by atoms with Gasteiger partial charge >= 0.3 is 0 Å². The Hall–Kier alpha value is -1.62. The molecule has 0 aliphatic rings. The van der Waals surface area contributed by atoms with Gasteiger partial charge in [-0.3, -0.25) is 9.88 Å². The largest absolute Gasteiger partial charge is 0.409 e. The highest BCUT2D eigenvalue weighted by Crippen LogP contribution is 2.01. The Kier molecular flexibility index (Phi) is 5.28. The first-order valence-corrected chi connectivity index (χ1v) is 5.35. The maximum absolute atomic E-state index is 8.44. The molecule has 0 aromatic carbocycles. The smallest absolute Gasteiger partial charge is 0.140 e. The number of nitrogens with zero attached hydrogens (tertiary/aromatic N) is 3. The minimum absolute atomic E-state index is 0.263. The number of hydrogen-bond acceptors (Lipinski definition) is 4. The summed E-state index contributed by atoms with van der Waals surface area (Å²) in [6.07, 6.45) is 2.35. The van der Waals surface area contributed by atoms with Crippen LogP contribution in [0.5, 0.6) is 0 Å². The van der Waals surface area contributed by atoms with Crippen molar-refractivity contribution < 1.29 is 5.21 Å². The Labute approximate surface area is 95.6 Å². The van der Waals surface area contributed by atoms with Crippen LogP contribution in [-0.2, 0) is 6.54 Å². The van der Waals surface area contributed by atoms with E-state index in [2.05, 4.69) is 22.0 Å². The van der Waals surface area contributed by atoms with Gasteiger partial charge in [0.15, 0.2) is 0 Å². The van der Waals surface area contributed by atoms with Gasteiger partial charge in [-0.1, -0.05) is 18.1 Å². The molecule has 88 valence electrons. The molecule has 5 heteroatoms. The van der Waals surface area contributed by atoms with Crippen molar-refractivity contribution in [1.82, 2.24) is 9.88 Å². The van der Waals surface area contributed by atoms with E-state index in [0.29, 0.717) is 6.42 Å². The van der Waals surface area contributed by atoms with E-state index in [1.807, 2.05) is 18.2 Å². The zero-order chi connectivity index (χ0) is 11.8. The Morgan fingerprint density at radius 3 is 2.94 bits per heavy atom. The molecule has 1 rings (SSSR count). The highest BCUT2D eigenvalue weighted by atomic mass is 16.4. The molecule has 0 unspecified atom stereocenters.